The SMILES string of the molecule is CC(C)NC(=O)N1CCC(c2nnc3ccc(C(=O)CC4CCOCC4)cn23)C1. The molecule has 1 atom stereocenters. The van der Waals surface area contributed by atoms with Gasteiger partial charge in [0.1, 0.15) is 5.82 Å². The van der Waals surface area contributed by atoms with E-state index in [1.54, 1.807) is 0 Å². The Hall–Kier alpha value is -2.48. The maximum atomic E-state index is 12.8. The summed E-state index contributed by atoms with van der Waals surface area (Å²) in [7, 11) is 0. The van der Waals surface area contributed by atoms with Gasteiger partial charge >= 0.3 is 6.03 Å². The summed E-state index contributed by atoms with van der Waals surface area (Å²) in [6.45, 7) is 6.71. The van der Waals surface area contributed by atoms with E-state index in [2.05, 4.69) is 15.5 Å². The highest BCUT2D eigenvalue weighted by atomic mass is 16.5. The molecule has 1 N–H and O–H groups in total. The van der Waals surface area contributed by atoms with Gasteiger partial charge in [-0.05, 0) is 51.2 Å². The second-order valence-corrected chi connectivity index (χ2v) is 8.42. The first-order valence-corrected chi connectivity index (χ1v) is 10.5. The van der Waals surface area contributed by atoms with E-state index in [1.165, 1.54) is 0 Å². The minimum Gasteiger partial charge on any atom is -0.381 e. The highest BCUT2D eigenvalue weighted by Crippen LogP contribution is 2.27. The van der Waals surface area contributed by atoms with Crippen LogP contribution in [0, 0.1) is 5.92 Å². The summed E-state index contributed by atoms with van der Waals surface area (Å²) in [4.78, 5) is 26.9. The predicted octanol–water partition coefficient (Wildman–Crippen LogP) is 2.64. The molecular weight excluding hydrogens is 370 g/mol. The van der Waals surface area contributed by atoms with Crippen LogP contribution in [0.3, 0.4) is 0 Å². The Morgan fingerprint density at radius 3 is 2.76 bits per heavy atom. The number of hydrogen-bond donors (Lipinski definition) is 1. The molecule has 2 aliphatic rings. The molecule has 2 fully saturated rings. The third-order valence-electron chi connectivity index (χ3n) is 5.82. The van der Waals surface area contributed by atoms with Gasteiger partial charge in [-0.3, -0.25) is 9.20 Å². The Labute approximate surface area is 170 Å². The lowest BCUT2D eigenvalue weighted by atomic mass is 9.92. The molecule has 8 heteroatoms. The first-order valence-electron chi connectivity index (χ1n) is 10.5. The Morgan fingerprint density at radius 2 is 2.00 bits per heavy atom. The van der Waals surface area contributed by atoms with Crippen molar-refractivity contribution in [3.05, 3.63) is 29.7 Å². The van der Waals surface area contributed by atoms with E-state index >= 15 is 0 Å². The van der Waals surface area contributed by atoms with Crippen LogP contribution in [0.2, 0.25) is 0 Å². The zero-order chi connectivity index (χ0) is 20.4. The molecule has 0 saturated carbocycles. The van der Waals surface area contributed by atoms with Gasteiger partial charge in [-0.2, -0.15) is 0 Å². The molecule has 2 aromatic rings. The fourth-order valence-corrected chi connectivity index (χ4v) is 4.18. The van der Waals surface area contributed by atoms with Crippen molar-refractivity contribution in [3.63, 3.8) is 0 Å². The number of nitrogens with one attached hydrogen (secondary N) is 1. The first kappa shape index (κ1) is 19.8. The number of carbonyl (C=O) groups is 2. The van der Waals surface area contributed by atoms with Crippen LogP contribution < -0.4 is 5.32 Å². The van der Waals surface area contributed by atoms with Gasteiger partial charge in [-0.25, -0.2) is 4.79 Å². The van der Waals surface area contributed by atoms with Gasteiger partial charge in [-0.1, -0.05) is 0 Å². The summed E-state index contributed by atoms with van der Waals surface area (Å²) in [6, 6.07) is 3.77. The maximum Gasteiger partial charge on any atom is 0.317 e. The van der Waals surface area contributed by atoms with Gasteiger partial charge in [0, 0.05) is 56.4 Å². The second kappa shape index (κ2) is 8.49. The monoisotopic (exact) mass is 399 g/mol. The second-order valence-electron chi connectivity index (χ2n) is 8.42. The van der Waals surface area contributed by atoms with Crippen LogP contribution in [0.25, 0.3) is 5.65 Å². The van der Waals surface area contributed by atoms with Crippen LogP contribution in [0.4, 0.5) is 4.79 Å². The van der Waals surface area contributed by atoms with Gasteiger partial charge in [0.2, 0.25) is 0 Å². The normalized spacial score (nSPS) is 20.5. The van der Waals surface area contributed by atoms with E-state index in [1.807, 2.05) is 41.5 Å². The summed E-state index contributed by atoms with van der Waals surface area (Å²) in [5, 5.41) is 11.6. The smallest absolute Gasteiger partial charge is 0.317 e. The van der Waals surface area contributed by atoms with Crippen LogP contribution in [0.1, 0.15) is 61.6 Å². The lowest BCUT2D eigenvalue weighted by molar-refractivity contribution is 0.0601. The van der Waals surface area contributed by atoms with E-state index in [0.29, 0.717) is 31.0 Å². The van der Waals surface area contributed by atoms with Gasteiger partial charge in [-0.15, -0.1) is 10.2 Å². The summed E-state index contributed by atoms with van der Waals surface area (Å²) in [5.74, 6) is 1.49. The minimum absolute atomic E-state index is 0.0383. The average Bonchev–Trinajstić information content (AvgIpc) is 3.34. The van der Waals surface area contributed by atoms with Crippen molar-refractivity contribution in [1.29, 1.82) is 0 Å². The van der Waals surface area contributed by atoms with Gasteiger partial charge in [0.25, 0.3) is 0 Å². The molecule has 4 rings (SSSR count). The van der Waals surface area contributed by atoms with Crippen molar-refractivity contribution in [2.75, 3.05) is 26.3 Å². The number of ether oxygens (including phenoxy) is 1. The van der Waals surface area contributed by atoms with Crippen LogP contribution in [-0.2, 0) is 4.74 Å². The van der Waals surface area contributed by atoms with Gasteiger partial charge in [0.05, 0.1) is 0 Å². The molecule has 0 radical (unpaired) electrons. The Balaban J connectivity index is 1.49. The van der Waals surface area contributed by atoms with Crippen molar-refractivity contribution in [2.24, 2.45) is 5.92 Å². The molecule has 29 heavy (non-hydrogen) atoms. The molecule has 0 aromatic carbocycles. The zero-order valence-electron chi connectivity index (χ0n) is 17.1. The van der Waals surface area contributed by atoms with E-state index in [9.17, 15) is 9.59 Å². The summed E-state index contributed by atoms with van der Waals surface area (Å²) >= 11 is 0. The van der Waals surface area contributed by atoms with Gasteiger partial charge in [0.15, 0.2) is 11.4 Å². The lowest BCUT2D eigenvalue weighted by Crippen LogP contribution is -2.41. The molecule has 2 saturated heterocycles. The molecule has 8 nitrogen and oxygen atoms in total. The number of urea groups is 1. The Morgan fingerprint density at radius 1 is 1.21 bits per heavy atom. The maximum absolute atomic E-state index is 12.8. The molecule has 0 aliphatic carbocycles. The van der Waals surface area contributed by atoms with Gasteiger partial charge < -0.3 is 15.0 Å². The van der Waals surface area contributed by atoms with Crippen molar-refractivity contribution >= 4 is 17.5 Å². The number of nitrogens with zero attached hydrogens (tertiary/aromatic N) is 4. The highest BCUT2D eigenvalue weighted by Gasteiger charge is 2.31. The van der Waals surface area contributed by atoms with E-state index in [-0.39, 0.29) is 23.8 Å². The summed E-state index contributed by atoms with van der Waals surface area (Å²) < 4.78 is 7.31. The number of Topliss-reactive ketones (excluding diaryl/α,β-unsaturated/α-hetero) is 1. The van der Waals surface area contributed by atoms with Crippen molar-refractivity contribution in [1.82, 2.24) is 24.8 Å². The minimum atomic E-state index is -0.0383. The van der Waals surface area contributed by atoms with Crippen LogP contribution >= 0.6 is 0 Å². The number of likely N-dealkylation sites (tertiary alicyclic amines) is 1. The van der Waals surface area contributed by atoms with Crippen LogP contribution in [0.5, 0.6) is 0 Å². The number of carbonyl (C=O) groups excluding carboxylic acids is 2. The number of ketones is 1. The van der Waals surface area contributed by atoms with Crippen LogP contribution in [0.15, 0.2) is 18.3 Å². The molecule has 0 bridgehead atoms. The summed E-state index contributed by atoms with van der Waals surface area (Å²) in [5.41, 5.74) is 1.42. The zero-order valence-corrected chi connectivity index (χ0v) is 17.1. The molecular formula is C21H29N5O3. The summed E-state index contributed by atoms with van der Waals surface area (Å²) in [6.07, 6.45) is 5.15. The third-order valence-corrected chi connectivity index (χ3v) is 5.82. The lowest BCUT2D eigenvalue weighted by Gasteiger charge is -2.21. The number of fused-ring (bicyclic) bond motifs is 1. The fourth-order valence-electron chi connectivity index (χ4n) is 4.18. The van der Waals surface area contributed by atoms with E-state index in [0.717, 1.165) is 43.9 Å². The molecule has 0 spiro atoms. The molecule has 156 valence electrons. The highest BCUT2D eigenvalue weighted by molar-refractivity contribution is 5.96. The topological polar surface area (TPSA) is 88.8 Å². The molecule has 2 amide bonds. The van der Waals surface area contributed by atoms with Crippen molar-refractivity contribution < 1.29 is 14.3 Å². The number of amides is 2. The number of rotatable bonds is 5. The molecule has 1 unspecified atom stereocenters. The van der Waals surface area contributed by atoms with Crippen LogP contribution in [-0.4, -0.2) is 63.7 Å². The average molecular weight is 399 g/mol. The molecule has 2 aliphatic heterocycles. The van der Waals surface area contributed by atoms with E-state index in [4.69, 9.17) is 4.74 Å². The first-order chi connectivity index (χ1) is 14.0. The molecule has 2 aromatic heterocycles. The fraction of sp³-hybridized carbons (Fsp3) is 0.619. The van der Waals surface area contributed by atoms with E-state index < -0.39 is 0 Å². The number of aromatic nitrogens is 3. The standard InChI is InChI=1S/C21H29N5O3/c1-14(2)22-21(28)25-8-5-17(12-25)20-24-23-19-4-3-16(13-26(19)20)18(27)11-15-6-9-29-10-7-15/h3-4,13-15,17H,5-12H2,1-2H3,(H,22,28). The quantitative estimate of drug-likeness (QED) is 0.781. The largest absolute Gasteiger partial charge is 0.381 e. The number of hydrogen-bond acceptors (Lipinski definition) is 5. The molecule has 4 heterocycles. The Kier molecular flexibility index (Phi) is 5.80. The van der Waals surface area contributed by atoms with Crippen molar-refractivity contribution in [3.8, 4) is 0 Å². The number of pyridine rings is 1. The Bertz CT molecular complexity index is 888. The third kappa shape index (κ3) is 4.42. The van der Waals surface area contributed by atoms with Crippen molar-refractivity contribution in [2.45, 2.75) is 51.5 Å². The predicted molar refractivity (Wildman–Crippen MR) is 108 cm³/mol.